The van der Waals surface area contributed by atoms with Gasteiger partial charge in [0.25, 0.3) is 0 Å². The molecule has 39 heavy (non-hydrogen) atoms. The molecule has 0 fully saturated rings. The van der Waals surface area contributed by atoms with Crippen LogP contribution in [0.4, 0.5) is 0 Å². The molecule has 0 radical (unpaired) electrons. The number of unbranched alkanes of at least 4 members (excludes halogenated alkanes) is 10. The van der Waals surface area contributed by atoms with E-state index in [1.807, 2.05) is 18.2 Å². The van der Waals surface area contributed by atoms with Gasteiger partial charge in [0.2, 0.25) is 4.74 Å². The van der Waals surface area contributed by atoms with Crippen molar-refractivity contribution in [1.29, 1.82) is 0 Å². The predicted octanol–water partition coefficient (Wildman–Crippen LogP) is 9.28. The lowest BCUT2D eigenvalue weighted by molar-refractivity contribution is -0.137. The molecule has 0 aliphatic heterocycles. The Labute approximate surface area is 238 Å². The quantitative estimate of drug-likeness (QED) is 0.0851. The second-order valence-electron chi connectivity index (χ2n) is 10.2. The van der Waals surface area contributed by atoms with Gasteiger partial charge in [-0.3, -0.25) is 4.79 Å². The molecule has 0 saturated heterocycles. The van der Waals surface area contributed by atoms with Crippen molar-refractivity contribution < 1.29 is 14.3 Å². The Morgan fingerprint density at radius 1 is 0.821 bits per heavy atom. The summed E-state index contributed by atoms with van der Waals surface area (Å²) >= 11 is 1.30. The Morgan fingerprint density at radius 3 is 2.15 bits per heavy atom. The van der Waals surface area contributed by atoms with Crippen molar-refractivity contribution in [2.75, 3.05) is 13.2 Å². The molecule has 0 aliphatic rings. The highest BCUT2D eigenvalue weighted by atomic mass is 32.1. The summed E-state index contributed by atoms with van der Waals surface area (Å²) in [6.45, 7) is 6.81. The van der Waals surface area contributed by atoms with E-state index in [4.69, 9.17) is 9.47 Å². The first kappa shape index (κ1) is 30.6. The fourth-order valence-electron chi connectivity index (χ4n) is 4.68. The highest BCUT2D eigenvalue weighted by molar-refractivity contribution is 7.16. The third-order valence-corrected chi connectivity index (χ3v) is 7.99. The molecule has 4 nitrogen and oxygen atoms in total. The van der Waals surface area contributed by atoms with E-state index in [0.29, 0.717) is 13.2 Å². The summed E-state index contributed by atoms with van der Waals surface area (Å²) in [7, 11) is 0. The zero-order chi connectivity index (χ0) is 27.7. The minimum atomic E-state index is -0.333. The Balaban J connectivity index is 1.34. The van der Waals surface area contributed by atoms with Gasteiger partial charge < -0.3 is 9.47 Å². The SMILES string of the molecule is C=CC(=O)OCCCCCCCCCCCOc1ccc2cc(-c3ccc(CCCCC)cc3)c(=O)sc2c1. The number of esters is 1. The first-order valence-corrected chi connectivity index (χ1v) is 15.5. The molecule has 1 aromatic heterocycles. The summed E-state index contributed by atoms with van der Waals surface area (Å²) in [5, 5.41) is 1.08. The van der Waals surface area contributed by atoms with E-state index in [-0.39, 0.29) is 10.7 Å². The molecule has 5 heteroatoms. The molecule has 0 amide bonds. The van der Waals surface area contributed by atoms with Gasteiger partial charge in [-0.05, 0) is 66.5 Å². The van der Waals surface area contributed by atoms with Gasteiger partial charge in [0.1, 0.15) is 5.75 Å². The monoisotopic (exact) mass is 548 g/mol. The number of fused-ring (bicyclic) bond motifs is 1. The average molecular weight is 549 g/mol. The fraction of sp³-hybridized carbons (Fsp3) is 0.471. The van der Waals surface area contributed by atoms with Crippen LogP contribution in [-0.4, -0.2) is 19.2 Å². The molecular formula is C34H44O4S. The van der Waals surface area contributed by atoms with Gasteiger partial charge >= 0.3 is 5.97 Å². The first-order valence-electron chi connectivity index (χ1n) is 14.7. The van der Waals surface area contributed by atoms with Gasteiger partial charge in [-0.1, -0.05) is 107 Å². The summed E-state index contributed by atoms with van der Waals surface area (Å²) in [6, 6.07) is 16.6. The van der Waals surface area contributed by atoms with Crippen LogP contribution in [0.1, 0.15) is 89.5 Å². The molecule has 0 aliphatic carbocycles. The summed E-state index contributed by atoms with van der Waals surface area (Å²) in [6.07, 6.45) is 16.4. The Morgan fingerprint density at radius 2 is 1.49 bits per heavy atom. The van der Waals surface area contributed by atoms with Gasteiger partial charge in [0.15, 0.2) is 0 Å². The minimum Gasteiger partial charge on any atom is -0.494 e. The van der Waals surface area contributed by atoms with Crippen LogP contribution in [0.25, 0.3) is 21.2 Å². The molecule has 0 atom stereocenters. The molecule has 2 aromatic carbocycles. The van der Waals surface area contributed by atoms with Crippen LogP contribution in [-0.2, 0) is 16.0 Å². The van der Waals surface area contributed by atoms with E-state index in [2.05, 4.69) is 43.8 Å². The van der Waals surface area contributed by atoms with E-state index in [1.165, 1.54) is 80.8 Å². The van der Waals surface area contributed by atoms with Crippen LogP contribution < -0.4 is 9.48 Å². The number of carbonyl (C=O) groups is 1. The Bertz CT molecular complexity index is 1210. The van der Waals surface area contributed by atoms with Crippen molar-refractivity contribution in [3.63, 3.8) is 0 Å². The predicted molar refractivity (Wildman–Crippen MR) is 165 cm³/mol. The zero-order valence-electron chi connectivity index (χ0n) is 23.6. The maximum Gasteiger partial charge on any atom is 0.330 e. The minimum absolute atomic E-state index is 0.0921. The van der Waals surface area contributed by atoms with Crippen molar-refractivity contribution in [1.82, 2.24) is 0 Å². The lowest BCUT2D eigenvalue weighted by Gasteiger charge is -2.08. The van der Waals surface area contributed by atoms with E-state index in [9.17, 15) is 9.59 Å². The zero-order valence-corrected chi connectivity index (χ0v) is 24.4. The van der Waals surface area contributed by atoms with Gasteiger partial charge in [0.05, 0.1) is 13.2 Å². The molecule has 210 valence electrons. The van der Waals surface area contributed by atoms with Crippen molar-refractivity contribution in [3.8, 4) is 16.9 Å². The van der Waals surface area contributed by atoms with Gasteiger partial charge in [0, 0.05) is 16.3 Å². The number of hydrogen-bond donors (Lipinski definition) is 0. The van der Waals surface area contributed by atoms with Crippen molar-refractivity contribution in [3.05, 3.63) is 76.3 Å². The standard InChI is InChI=1S/C34H44O4S/c1-3-5-13-16-27-17-19-28(20-18-27)31-25-29-21-22-30(26-32(29)39-34(31)36)37-23-14-11-9-7-6-8-10-12-15-24-38-33(35)4-2/h4,17-22,25-26H,2-3,5-16,23-24H2,1H3. The Hall–Kier alpha value is -2.92. The molecule has 0 saturated carbocycles. The maximum absolute atomic E-state index is 12.9. The third kappa shape index (κ3) is 11.0. The number of ether oxygens (including phenoxy) is 2. The number of hydrogen-bond acceptors (Lipinski definition) is 5. The van der Waals surface area contributed by atoms with E-state index in [0.717, 1.165) is 52.6 Å². The summed E-state index contributed by atoms with van der Waals surface area (Å²) < 4.78 is 12.0. The van der Waals surface area contributed by atoms with E-state index < -0.39 is 0 Å². The van der Waals surface area contributed by atoms with Crippen LogP contribution >= 0.6 is 11.3 Å². The molecule has 0 bridgehead atoms. The average Bonchev–Trinajstić information content (AvgIpc) is 2.95. The molecule has 3 aromatic rings. The summed E-state index contributed by atoms with van der Waals surface area (Å²) in [4.78, 5) is 23.9. The summed E-state index contributed by atoms with van der Waals surface area (Å²) in [5.74, 6) is 0.501. The highest BCUT2D eigenvalue weighted by Crippen LogP contribution is 2.27. The number of rotatable bonds is 19. The second-order valence-corrected chi connectivity index (χ2v) is 11.2. The smallest absolute Gasteiger partial charge is 0.330 e. The van der Waals surface area contributed by atoms with Crippen LogP contribution in [0, 0.1) is 0 Å². The van der Waals surface area contributed by atoms with Crippen molar-refractivity contribution in [2.45, 2.75) is 90.4 Å². The molecule has 3 rings (SSSR count). The van der Waals surface area contributed by atoms with E-state index in [1.54, 1.807) is 0 Å². The lowest BCUT2D eigenvalue weighted by atomic mass is 10.0. The largest absolute Gasteiger partial charge is 0.494 e. The Kier molecular flexibility index (Phi) is 13.8. The van der Waals surface area contributed by atoms with Gasteiger partial charge in [-0.2, -0.15) is 0 Å². The van der Waals surface area contributed by atoms with Crippen molar-refractivity contribution in [2.24, 2.45) is 0 Å². The lowest BCUT2D eigenvalue weighted by Crippen LogP contribution is -2.01. The maximum atomic E-state index is 12.9. The van der Waals surface area contributed by atoms with Gasteiger partial charge in [-0.15, -0.1) is 0 Å². The van der Waals surface area contributed by atoms with Crippen LogP contribution in [0.15, 0.2) is 66.0 Å². The number of carbonyl (C=O) groups excluding carboxylic acids is 1. The summed E-state index contributed by atoms with van der Waals surface area (Å²) in [5.41, 5.74) is 3.10. The second kappa shape index (κ2) is 17.6. The van der Waals surface area contributed by atoms with Crippen molar-refractivity contribution >= 4 is 27.4 Å². The normalized spacial score (nSPS) is 11.0. The van der Waals surface area contributed by atoms with Gasteiger partial charge in [-0.25, -0.2) is 4.79 Å². The van der Waals surface area contributed by atoms with Crippen LogP contribution in [0.2, 0.25) is 0 Å². The van der Waals surface area contributed by atoms with Crippen LogP contribution in [0.5, 0.6) is 5.75 Å². The molecular weight excluding hydrogens is 504 g/mol. The van der Waals surface area contributed by atoms with E-state index >= 15 is 0 Å². The number of benzene rings is 2. The highest BCUT2D eigenvalue weighted by Gasteiger charge is 2.08. The molecule has 0 unspecified atom stereocenters. The van der Waals surface area contributed by atoms with Crippen LogP contribution in [0.3, 0.4) is 0 Å². The molecule has 1 heterocycles. The fourth-order valence-corrected chi connectivity index (χ4v) is 5.58. The number of aryl methyl sites for hydroxylation is 1. The topological polar surface area (TPSA) is 52.6 Å². The molecule has 0 N–H and O–H groups in total. The first-order chi connectivity index (χ1) is 19.1. The molecule has 0 spiro atoms. The third-order valence-electron chi connectivity index (χ3n) is 7.01.